The van der Waals surface area contributed by atoms with Crippen molar-refractivity contribution in [3.8, 4) is 0 Å². The van der Waals surface area contributed by atoms with Crippen LogP contribution in [-0.4, -0.2) is 56.6 Å². The number of nitrogens with one attached hydrogen (secondary N) is 1. The quantitative estimate of drug-likeness (QED) is 0.700. The number of amides is 1. The third-order valence-electron chi connectivity index (χ3n) is 7.50. The molecule has 3 heterocycles. The third kappa shape index (κ3) is 4.61. The van der Waals surface area contributed by atoms with E-state index in [1.54, 1.807) is 20.4 Å². The molecule has 1 aromatic heterocycles. The summed E-state index contributed by atoms with van der Waals surface area (Å²) in [5.41, 5.74) is 3.50. The first-order valence-electron chi connectivity index (χ1n) is 12.2. The van der Waals surface area contributed by atoms with E-state index in [-0.39, 0.29) is 12.5 Å². The zero-order valence-electron chi connectivity index (χ0n) is 19.9. The van der Waals surface area contributed by atoms with Crippen molar-refractivity contribution in [1.29, 1.82) is 0 Å². The number of methoxy groups -OCH3 is 2. The lowest BCUT2D eigenvalue weighted by Crippen LogP contribution is -2.33. The number of nitrogens with zero attached hydrogens (tertiary/aromatic N) is 3. The molecular formula is C26H33FN4O3. The fraction of sp³-hybridized carbons (Fsp3) is 0.538. The van der Waals surface area contributed by atoms with Crippen molar-refractivity contribution in [3.63, 3.8) is 0 Å². The molecule has 1 saturated heterocycles. The Morgan fingerprint density at radius 3 is 2.71 bits per heavy atom. The van der Waals surface area contributed by atoms with E-state index in [1.165, 1.54) is 0 Å². The molecule has 3 aliphatic rings. The van der Waals surface area contributed by atoms with Crippen LogP contribution < -0.4 is 15.1 Å². The minimum atomic E-state index is -1.03. The first-order chi connectivity index (χ1) is 16.6. The summed E-state index contributed by atoms with van der Waals surface area (Å²) in [6.07, 6.45) is 5.12. The van der Waals surface area contributed by atoms with Crippen molar-refractivity contribution >= 4 is 28.8 Å². The van der Waals surface area contributed by atoms with E-state index in [9.17, 15) is 9.18 Å². The van der Waals surface area contributed by atoms with E-state index in [4.69, 9.17) is 9.47 Å². The molecule has 1 N–H and O–H groups in total. The second kappa shape index (κ2) is 9.88. The predicted octanol–water partition coefficient (Wildman–Crippen LogP) is 4.44. The fourth-order valence-electron chi connectivity index (χ4n) is 5.43. The highest BCUT2D eigenvalue weighted by Gasteiger charge is 2.34. The Hall–Kier alpha value is -2.71. The van der Waals surface area contributed by atoms with Crippen molar-refractivity contribution in [1.82, 2.24) is 4.98 Å². The minimum Gasteiger partial charge on any atom is -0.381 e. The lowest BCUT2D eigenvalue weighted by Gasteiger charge is -2.30. The van der Waals surface area contributed by atoms with Crippen molar-refractivity contribution < 1.29 is 18.7 Å². The zero-order chi connectivity index (χ0) is 23.7. The summed E-state index contributed by atoms with van der Waals surface area (Å²) in [4.78, 5) is 22.0. The van der Waals surface area contributed by atoms with Gasteiger partial charge in [-0.3, -0.25) is 4.79 Å². The number of hydrogen-bond donors (Lipinski definition) is 1. The maximum absolute atomic E-state index is 14.4. The van der Waals surface area contributed by atoms with Gasteiger partial charge in [0.05, 0.1) is 30.6 Å². The zero-order valence-corrected chi connectivity index (χ0v) is 19.9. The molecule has 2 aliphatic heterocycles. The van der Waals surface area contributed by atoms with Crippen LogP contribution in [0.4, 0.5) is 27.3 Å². The number of carbonyl (C=O) groups is 1. The minimum absolute atomic E-state index is 0.109. The SMILES string of the molecule is COC1CCC(CC(=O)N2Cc3cccnc3Nc3ccc(N4CC(F)C(OC)C4)cc32)CC1. The Kier molecular flexibility index (Phi) is 6.70. The molecule has 8 heteroatoms. The predicted molar refractivity (Wildman–Crippen MR) is 130 cm³/mol. The van der Waals surface area contributed by atoms with Gasteiger partial charge >= 0.3 is 0 Å². The average molecular weight is 469 g/mol. The summed E-state index contributed by atoms with van der Waals surface area (Å²) in [6.45, 7) is 1.22. The molecule has 34 heavy (non-hydrogen) atoms. The van der Waals surface area contributed by atoms with Crippen LogP contribution in [0, 0.1) is 5.92 Å². The van der Waals surface area contributed by atoms with Crippen molar-refractivity contribution in [2.75, 3.05) is 42.4 Å². The molecular weight excluding hydrogens is 435 g/mol. The van der Waals surface area contributed by atoms with E-state index in [0.717, 1.165) is 54.1 Å². The molecule has 2 fully saturated rings. The van der Waals surface area contributed by atoms with Crippen LogP contribution in [0.15, 0.2) is 36.5 Å². The van der Waals surface area contributed by atoms with Gasteiger partial charge in [0.25, 0.3) is 0 Å². The summed E-state index contributed by atoms with van der Waals surface area (Å²) in [5.74, 6) is 1.23. The molecule has 0 bridgehead atoms. The largest absolute Gasteiger partial charge is 0.381 e. The molecule has 2 unspecified atom stereocenters. The Balaban J connectivity index is 1.43. The number of pyridine rings is 1. The molecule has 2 aromatic rings. The summed E-state index contributed by atoms with van der Waals surface area (Å²) in [7, 11) is 3.31. The monoisotopic (exact) mass is 468 g/mol. The summed E-state index contributed by atoms with van der Waals surface area (Å²) in [5, 5.41) is 3.41. The number of alkyl halides is 1. The summed E-state index contributed by atoms with van der Waals surface area (Å²) < 4.78 is 25.2. The highest BCUT2D eigenvalue weighted by Crippen LogP contribution is 2.39. The standard InChI is InChI=1S/C26H33FN4O3/c1-33-20-8-5-17(6-9-20)12-25(32)31-14-18-4-3-11-28-26(18)29-22-10-7-19(13-23(22)31)30-15-21(27)24(16-30)34-2/h3-4,7,10-11,13,17,20-21,24H,5-6,8-9,12,14-16H2,1-2H3,(H,28,29). The number of aromatic nitrogens is 1. The van der Waals surface area contributed by atoms with Gasteiger partial charge in [0.1, 0.15) is 18.1 Å². The fourth-order valence-corrected chi connectivity index (χ4v) is 5.43. The van der Waals surface area contributed by atoms with Crippen LogP contribution in [-0.2, 0) is 20.8 Å². The van der Waals surface area contributed by atoms with Crippen LogP contribution in [0.3, 0.4) is 0 Å². The van der Waals surface area contributed by atoms with Crippen molar-refractivity contribution in [2.24, 2.45) is 5.92 Å². The van der Waals surface area contributed by atoms with Gasteiger partial charge in [0, 0.05) is 44.6 Å². The number of anilines is 4. The van der Waals surface area contributed by atoms with Gasteiger partial charge in [0.2, 0.25) is 5.91 Å². The van der Waals surface area contributed by atoms with Gasteiger partial charge in [0.15, 0.2) is 0 Å². The Morgan fingerprint density at radius 1 is 1.15 bits per heavy atom. The molecule has 0 radical (unpaired) electrons. The normalized spacial score (nSPS) is 26.4. The van der Waals surface area contributed by atoms with Crippen molar-refractivity contribution in [2.45, 2.75) is 57.0 Å². The highest BCUT2D eigenvalue weighted by molar-refractivity contribution is 5.99. The van der Waals surface area contributed by atoms with Crippen LogP contribution in [0.2, 0.25) is 0 Å². The van der Waals surface area contributed by atoms with Crippen molar-refractivity contribution in [3.05, 3.63) is 42.1 Å². The lowest BCUT2D eigenvalue weighted by molar-refractivity contribution is -0.120. The van der Waals surface area contributed by atoms with Crippen LogP contribution in [0.5, 0.6) is 0 Å². The third-order valence-corrected chi connectivity index (χ3v) is 7.50. The van der Waals surface area contributed by atoms with E-state index < -0.39 is 12.3 Å². The molecule has 1 aromatic carbocycles. The molecule has 1 saturated carbocycles. The second-order valence-electron chi connectivity index (χ2n) is 9.60. The summed E-state index contributed by atoms with van der Waals surface area (Å²) in [6, 6.07) is 9.83. The lowest BCUT2D eigenvalue weighted by atomic mass is 9.85. The van der Waals surface area contributed by atoms with Gasteiger partial charge < -0.3 is 24.6 Å². The average Bonchev–Trinajstić information content (AvgIpc) is 3.15. The number of halogens is 1. The first kappa shape index (κ1) is 23.1. The van der Waals surface area contributed by atoms with Crippen LogP contribution in [0.25, 0.3) is 0 Å². The van der Waals surface area contributed by atoms with Gasteiger partial charge in [-0.05, 0) is 55.9 Å². The number of ether oxygens (including phenoxy) is 2. The molecule has 2 atom stereocenters. The Labute approximate surface area is 200 Å². The van der Waals surface area contributed by atoms with E-state index >= 15 is 0 Å². The maximum atomic E-state index is 14.4. The van der Waals surface area contributed by atoms with Crippen LogP contribution in [0.1, 0.15) is 37.7 Å². The van der Waals surface area contributed by atoms with Gasteiger partial charge in [-0.15, -0.1) is 0 Å². The maximum Gasteiger partial charge on any atom is 0.227 e. The number of carbonyl (C=O) groups excluding carboxylic acids is 1. The number of hydrogen-bond acceptors (Lipinski definition) is 6. The first-order valence-corrected chi connectivity index (χ1v) is 12.2. The number of benzene rings is 1. The van der Waals surface area contributed by atoms with E-state index in [1.807, 2.05) is 40.1 Å². The smallest absolute Gasteiger partial charge is 0.227 e. The molecule has 182 valence electrons. The Bertz CT molecular complexity index is 1030. The van der Waals surface area contributed by atoms with Gasteiger partial charge in [-0.25, -0.2) is 9.37 Å². The van der Waals surface area contributed by atoms with Crippen LogP contribution >= 0.6 is 0 Å². The molecule has 7 nitrogen and oxygen atoms in total. The van der Waals surface area contributed by atoms with Gasteiger partial charge in [-0.2, -0.15) is 0 Å². The second-order valence-corrected chi connectivity index (χ2v) is 9.60. The topological polar surface area (TPSA) is 66.9 Å². The number of fused-ring (bicyclic) bond motifs is 2. The molecule has 0 spiro atoms. The summed E-state index contributed by atoms with van der Waals surface area (Å²) >= 11 is 0. The Morgan fingerprint density at radius 2 is 1.97 bits per heavy atom. The van der Waals surface area contributed by atoms with E-state index in [0.29, 0.717) is 31.5 Å². The molecule has 1 amide bonds. The highest BCUT2D eigenvalue weighted by atomic mass is 19.1. The van der Waals surface area contributed by atoms with Gasteiger partial charge in [-0.1, -0.05) is 6.07 Å². The van der Waals surface area contributed by atoms with E-state index in [2.05, 4.69) is 10.3 Å². The number of rotatable bonds is 5. The molecule has 1 aliphatic carbocycles. The molecule has 5 rings (SSSR count).